The minimum Gasteiger partial charge on any atom is -0.495 e. The van der Waals surface area contributed by atoms with Gasteiger partial charge in [0.2, 0.25) is 0 Å². The summed E-state index contributed by atoms with van der Waals surface area (Å²) in [5.41, 5.74) is 2.25. The average molecular weight is 462 g/mol. The van der Waals surface area contributed by atoms with Gasteiger partial charge in [-0.1, -0.05) is 41.9 Å². The molecular weight excluding hydrogens is 438 g/mol. The molecule has 1 atom stereocenters. The van der Waals surface area contributed by atoms with E-state index in [0.717, 1.165) is 5.56 Å². The summed E-state index contributed by atoms with van der Waals surface area (Å²) in [6, 6.07) is 19.1. The van der Waals surface area contributed by atoms with E-state index in [1.54, 1.807) is 56.6 Å². The zero-order valence-electron chi connectivity index (χ0n) is 18.9. The number of amides is 1. The molecule has 1 heterocycles. The minimum atomic E-state index is -0.545. The first kappa shape index (κ1) is 22.6. The van der Waals surface area contributed by atoms with E-state index in [-0.39, 0.29) is 11.5 Å². The summed E-state index contributed by atoms with van der Waals surface area (Å²) >= 11 is 6.27. The van der Waals surface area contributed by atoms with Crippen LogP contribution in [0.15, 0.2) is 71.5 Å². The van der Waals surface area contributed by atoms with Gasteiger partial charge in [-0.3, -0.25) is 14.2 Å². The third-order valence-electron chi connectivity index (χ3n) is 5.76. The standard InChI is InChI=1S/C26H24ClN3O3/c1-16-13-14-23(33-4)22(15-16)30-24(28-21-12-8-6-10-19(21)26(30)32)17(2)29(3)25(31)18-9-5-7-11-20(18)27/h5-15,17H,1-4H3. The summed E-state index contributed by atoms with van der Waals surface area (Å²) in [4.78, 5) is 33.3. The van der Waals surface area contributed by atoms with Crippen LogP contribution in [0.4, 0.5) is 0 Å². The summed E-state index contributed by atoms with van der Waals surface area (Å²) in [6.07, 6.45) is 0. The predicted molar refractivity (Wildman–Crippen MR) is 131 cm³/mol. The lowest BCUT2D eigenvalue weighted by Crippen LogP contribution is -2.35. The second-order valence-corrected chi connectivity index (χ2v) is 8.28. The Kier molecular flexibility index (Phi) is 6.20. The second-order valence-electron chi connectivity index (χ2n) is 7.87. The van der Waals surface area contributed by atoms with Gasteiger partial charge in [0.05, 0.1) is 40.3 Å². The van der Waals surface area contributed by atoms with Crippen molar-refractivity contribution in [1.29, 1.82) is 0 Å². The Labute approximate surface area is 197 Å². The maximum absolute atomic E-state index is 13.7. The maximum Gasteiger partial charge on any atom is 0.266 e. The highest BCUT2D eigenvalue weighted by Crippen LogP contribution is 2.29. The monoisotopic (exact) mass is 461 g/mol. The number of carbonyl (C=O) groups is 1. The Bertz CT molecular complexity index is 1410. The molecule has 4 aromatic rings. The van der Waals surface area contributed by atoms with Crippen molar-refractivity contribution in [1.82, 2.24) is 14.5 Å². The minimum absolute atomic E-state index is 0.232. The molecule has 0 N–H and O–H groups in total. The summed E-state index contributed by atoms with van der Waals surface area (Å²) < 4.78 is 7.10. The second kappa shape index (κ2) is 9.08. The van der Waals surface area contributed by atoms with Crippen LogP contribution in [0.3, 0.4) is 0 Å². The fourth-order valence-electron chi connectivity index (χ4n) is 3.81. The lowest BCUT2D eigenvalue weighted by molar-refractivity contribution is 0.0735. The molecule has 0 saturated carbocycles. The molecule has 7 heteroatoms. The number of halogens is 1. The average Bonchev–Trinajstić information content (AvgIpc) is 2.83. The quantitative estimate of drug-likeness (QED) is 0.410. The van der Waals surface area contributed by atoms with Crippen LogP contribution >= 0.6 is 11.6 Å². The van der Waals surface area contributed by atoms with Crippen LogP contribution in [0.25, 0.3) is 16.6 Å². The van der Waals surface area contributed by atoms with Crippen LogP contribution in [0, 0.1) is 6.92 Å². The number of aromatic nitrogens is 2. The molecule has 0 radical (unpaired) electrons. The van der Waals surface area contributed by atoms with Crippen LogP contribution in [0.2, 0.25) is 5.02 Å². The number of para-hydroxylation sites is 1. The summed E-state index contributed by atoms with van der Waals surface area (Å²) in [5.74, 6) is 0.692. The van der Waals surface area contributed by atoms with Crippen molar-refractivity contribution < 1.29 is 9.53 Å². The van der Waals surface area contributed by atoms with Crippen LogP contribution < -0.4 is 10.3 Å². The molecule has 1 unspecified atom stereocenters. The molecule has 0 fully saturated rings. The summed E-state index contributed by atoms with van der Waals surface area (Å²) in [7, 11) is 3.24. The molecule has 0 aliphatic heterocycles. The number of rotatable bonds is 5. The van der Waals surface area contributed by atoms with Gasteiger partial charge in [-0.2, -0.15) is 0 Å². The first-order valence-corrected chi connectivity index (χ1v) is 10.9. The molecule has 3 aromatic carbocycles. The van der Waals surface area contributed by atoms with E-state index in [1.807, 2.05) is 38.1 Å². The van der Waals surface area contributed by atoms with Crippen molar-refractivity contribution in [2.24, 2.45) is 0 Å². The zero-order chi connectivity index (χ0) is 23.7. The van der Waals surface area contributed by atoms with E-state index in [2.05, 4.69) is 0 Å². The SMILES string of the molecule is COc1ccc(C)cc1-n1c(C(C)N(C)C(=O)c2ccccc2Cl)nc2ccccc2c1=O. The fourth-order valence-corrected chi connectivity index (χ4v) is 4.03. The van der Waals surface area contributed by atoms with Crippen LogP contribution in [-0.4, -0.2) is 34.5 Å². The number of methoxy groups -OCH3 is 1. The molecule has 168 valence electrons. The number of hydrogen-bond donors (Lipinski definition) is 0. The third kappa shape index (κ3) is 4.10. The Balaban J connectivity index is 1.94. The molecule has 0 aliphatic rings. The normalized spacial score (nSPS) is 11.9. The number of aryl methyl sites for hydroxylation is 1. The van der Waals surface area contributed by atoms with Gasteiger partial charge in [0.1, 0.15) is 11.6 Å². The van der Waals surface area contributed by atoms with Gasteiger partial charge in [-0.15, -0.1) is 0 Å². The Morgan fingerprint density at radius 1 is 1.09 bits per heavy atom. The van der Waals surface area contributed by atoms with Gasteiger partial charge < -0.3 is 9.64 Å². The van der Waals surface area contributed by atoms with E-state index in [1.165, 1.54) is 9.47 Å². The van der Waals surface area contributed by atoms with Crippen molar-refractivity contribution >= 4 is 28.4 Å². The number of hydrogen-bond acceptors (Lipinski definition) is 4. The molecule has 0 saturated heterocycles. The number of fused-ring (bicyclic) bond motifs is 1. The summed E-state index contributed by atoms with van der Waals surface area (Å²) in [5, 5.41) is 0.850. The van der Waals surface area contributed by atoms with Crippen molar-refractivity contribution in [3.63, 3.8) is 0 Å². The van der Waals surface area contributed by atoms with Crippen LogP contribution in [-0.2, 0) is 0 Å². The Morgan fingerprint density at radius 3 is 2.52 bits per heavy atom. The highest BCUT2D eigenvalue weighted by molar-refractivity contribution is 6.33. The first-order valence-electron chi connectivity index (χ1n) is 10.5. The molecule has 0 aliphatic carbocycles. The molecule has 33 heavy (non-hydrogen) atoms. The number of nitrogens with zero attached hydrogens (tertiary/aromatic N) is 3. The zero-order valence-corrected chi connectivity index (χ0v) is 19.6. The largest absolute Gasteiger partial charge is 0.495 e. The van der Waals surface area contributed by atoms with Gasteiger partial charge >= 0.3 is 0 Å². The number of carbonyl (C=O) groups excluding carboxylic acids is 1. The van der Waals surface area contributed by atoms with Crippen LogP contribution in [0.5, 0.6) is 5.75 Å². The van der Waals surface area contributed by atoms with Gasteiger partial charge in [0, 0.05) is 7.05 Å². The van der Waals surface area contributed by atoms with Crippen LogP contribution in [0.1, 0.15) is 34.7 Å². The molecule has 0 bridgehead atoms. The highest BCUT2D eigenvalue weighted by Gasteiger charge is 2.26. The van der Waals surface area contributed by atoms with Gasteiger partial charge in [-0.25, -0.2) is 4.98 Å². The van der Waals surface area contributed by atoms with E-state index in [0.29, 0.717) is 38.8 Å². The predicted octanol–water partition coefficient (Wildman–Crippen LogP) is 5.19. The molecule has 1 amide bonds. The van der Waals surface area contributed by atoms with Gasteiger partial charge in [0.25, 0.3) is 11.5 Å². The Morgan fingerprint density at radius 2 is 1.79 bits per heavy atom. The lowest BCUT2D eigenvalue weighted by atomic mass is 10.1. The molecule has 1 aromatic heterocycles. The van der Waals surface area contributed by atoms with Gasteiger partial charge in [0.15, 0.2) is 0 Å². The van der Waals surface area contributed by atoms with Crippen molar-refractivity contribution in [3.05, 3.63) is 99.1 Å². The molecule has 4 rings (SSSR count). The number of benzene rings is 3. The van der Waals surface area contributed by atoms with Gasteiger partial charge in [-0.05, 0) is 55.8 Å². The van der Waals surface area contributed by atoms with E-state index in [4.69, 9.17) is 21.3 Å². The molecule has 6 nitrogen and oxygen atoms in total. The molecular formula is C26H24ClN3O3. The fraction of sp³-hybridized carbons (Fsp3) is 0.192. The van der Waals surface area contributed by atoms with Crippen molar-refractivity contribution in [2.45, 2.75) is 19.9 Å². The Hall–Kier alpha value is -3.64. The number of ether oxygens (including phenoxy) is 1. The molecule has 0 spiro atoms. The van der Waals surface area contributed by atoms with Crippen molar-refractivity contribution in [3.8, 4) is 11.4 Å². The van der Waals surface area contributed by atoms with E-state index >= 15 is 0 Å². The summed E-state index contributed by atoms with van der Waals surface area (Å²) in [6.45, 7) is 3.78. The topological polar surface area (TPSA) is 64.4 Å². The van der Waals surface area contributed by atoms with Crippen molar-refractivity contribution in [2.75, 3.05) is 14.2 Å². The maximum atomic E-state index is 13.7. The first-order chi connectivity index (χ1) is 15.8. The third-order valence-corrected chi connectivity index (χ3v) is 6.09. The highest BCUT2D eigenvalue weighted by atomic mass is 35.5. The van der Waals surface area contributed by atoms with E-state index < -0.39 is 6.04 Å². The smallest absolute Gasteiger partial charge is 0.266 e. The van der Waals surface area contributed by atoms with E-state index in [9.17, 15) is 9.59 Å². The lowest BCUT2D eigenvalue weighted by Gasteiger charge is -2.28.